The van der Waals surface area contributed by atoms with Gasteiger partial charge in [0.15, 0.2) is 11.5 Å². The van der Waals surface area contributed by atoms with Gasteiger partial charge in [0.1, 0.15) is 0 Å². The first-order valence-corrected chi connectivity index (χ1v) is 8.88. The summed E-state index contributed by atoms with van der Waals surface area (Å²) in [6.07, 6.45) is 5.32. The van der Waals surface area contributed by atoms with Crippen LogP contribution < -0.4 is 10.6 Å². The van der Waals surface area contributed by atoms with Crippen LogP contribution in [0.5, 0.6) is 0 Å². The largest absolute Gasteiger partial charge is 0.384 e. The van der Waals surface area contributed by atoms with Gasteiger partial charge in [0.25, 0.3) is 0 Å². The van der Waals surface area contributed by atoms with E-state index in [0.29, 0.717) is 13.2 Å². The molecule has 1 aliphatic carbocycles. The van der Waals surface area contributed by atoms with Crippen LogP contribution in [-0.2, 0) is 4.74 Å². The SMILES string of the molecule is COCC1(CNC(=O)NC(c2nnc3ccccn23)C(C)C)CCC1. The number of hydrogen-bond donors (Lipinski definition) is 2. The van der Waals surface area contributed by atoms with Gasteiger partial charge in [-0.25, -0.2) is 4.79 Å². The summed E-state index contributed by atoms with van der Waals surface area (Å²) in [6.45, 7) is 5.45. The zero-order chi connectivity index (χ0) is 17.9. The number of ether oxygens (including phenoxy) is 1. The molecule has 1 saturated carbocycles. The number of nitrogens with zero attached hydrogens (tertiary/aromatic N) is 3. The Morgan fingerprint density at radius 2 is 2.16 bits per heavy atom. The van der Waals surface area contributed by atoms with E-state index >= 15 is 0 Å². The average molecular weight is 345 g/mol. The maximum absolute atomic E-state index is 12.5. The van der Waals surface area contributed by atoms with Gasteiger partial charge in [0.2, 0.25) is 0 Å². The molecule has 1 atom stereocenters. The van der Waals surface area contributed by atoms with E-state index in [4.69, 9.17) is 4.74 Å². The average Bonchev–Trinajstić information content (AvgIpc) is 2.98. The van der Waals surface area contributed by atoms with Gasteiger partial charge in [0, 0.05) is 25.3 Å². The summed E-state index contributed by atoms with van der Waals surface area (Å²) in [6, 6.07) is 5.37. The second-order valence-corrected chi connectivity index (χ2v) is 7.32. The second kappa shape index (κ2) is 7.39. The fourth-order valence-electron chi connectivity index (χ4n) is 3.42. The van der Waals surface area contributed by atoms with Crippen molar-refractivity contribution in [3.63, 3.8) is 0 Å². The van der Waals surface area contributed by atoms with E-state index in [1.54, 1.807) is 7.11 Å². The molecule has 3 rings (SSSR count). The van der Waals surface area contributed by atoms with Crippen molar-refractivity contribution in [2.24, 2.45) is 11.3 Å². The number of hydrogen-bond acceptors (Lipinski definition) is 4. The van der Waals surface area contributed by atoms with E-state index in [0.717, 1.165) is 24.3 Å². The van der Waals surface area contributed by atoms with Gasteiger partial charge >= 0.3 is 6.03 Å². The number of carbonyl (C=O) groups excluding carboxylic acids is 1. The minimum absolute atomic E-state index is 0.0982. The third kappa shape index (κ3) is 3.76. The molecule has 0 aliphatic heterocycles. The number of fused-ring (bicyclic) bond motifs is 1. The maximum Gasteiger partial charge on any atom is 0.315 e. The van der Waals surface area contributed by atoms with Crippen LogP contribution in [0.1, 0.15) is 45.0 Å². The lowest BCUT2D eigenvalue weighted by molar-refractivity contribution is 0.0199. The number of pyridine rings is 1. The van der Waals surface area contributed by atoms with Crippen molar-refractivity contribution in [1.82, 2.24) is 25.2 Å². The van der Waals surface area contributed by atoms with Gasteiger partial charge in [-0.2, -0.15) is 0 Å². The predicted molar refractivity (Wildman–Crippen MR) is 95.3 cm³/mol. The van der Waals surface area contributed by atoms with Gasteiger partial charge in [-0.3, -0.25) is 4.40 Å². The minimum atomic E-state index is -0.211. The summed E-state index contributed by atoms with van der Waals surface area (Å²) >= 11 is 0. The summed E-state index contributed by atoms with van der Waals surface area (Å²) in [5.74, 6) is 0.936. The summed E-state index contributed by atoms with van der Waals surface area (Å²) in [4.78, 5) is 12.5. The molecule has 1 aliphatic rings. The van der Waals surface area contributed by atoms with Gasteiger partial charge in [-0.1, -0.05) is 26.3 Å². The summed E-state index contributed by atoms with van der Waals surface area (Å²) in [7, 11) is 1.71. The molecule has 25 heavy (non-hydrogen) atoms. The number of methoxy groups -OCH3 is 1. The van der Waals surface area contributed by atoms with Gasteiger partial charge in [-0.15, -0.1) is 10.2 Å². The third-order valence-corrected chi connectivity index (χ3v) is 5.06. The van der Waals surface area contributed by atoms with Crippen LogP contribution in [0.15, 0.2) is 24.4 Å². The highest BCUT2D eigenvalue weighted by molar-refractivity contribution is 5.74. The van der Waals surface area contributed by atoms with Crippen molar-refractivity contribution in [3.8, 4) is 0 Å². The van der Waals surface area contributed by atoms with Gasteiger partial charge in [0.05, 0.1) is 12.6 Å². The fourth-order valence-corrected chi connectivity index (χ4v) is 3.42. The molecular formula is C18H27N5O2. The number of nitrogens with one attached hydrogen (secondary N) is 2. The van der Waals surface area contributed by atoms with Crippen LogP contribution in [0.4, 0.5) is 4.79 Å². The van der Waals surface area contributed by atoms with Crippen LogP contribution in [0.2, 0.25) is 0 Å². The predicted octanol–water partition coefficient (Wildman–Crippen LogP) is 2.54. The first-order chi connectivity index (χ1) is 12.0. The molecule has 2 aromatic rings. The molecule has 7 heteroatoms. The Labute approximate surface area is 148 Å². The molecule has 0 bridgehead atoms. The number of urea groups is 1. The van der Waals surface area contributed by atoms with Crippen molar-refractivity contribution in [2.75, 3.05) is 20.3 Å². The maximum atomic E-state index is 12.5. The van der Waals surface area contributed by atoms with Crippen molar-refractivity contribution in [1.29, 1.82) is 0 Å². The lowest BCUT2D eigenvalue weighted by Gasteiger charge is -2.41. The van der Waals surface area contributed by atoms with Crippen molar-refractivity contribution in [2.45, 2.75) is 39.2 Å². The van der Waals surface area contributed by atoms with Gasteiger partial charge in [-0.05, 0) is 30.9 Å². The highest BCUT2D eigenvalue weighted by Crippen LogP contribution is 2.40. The zero-order valence-corrected chi connectivity index (χ0v) is 15.2. The molecule has 7 nitrogen and oxygen atoms in total. The fraction of sp³-hybridized carbons (Fsp3) is 0.611. The van der Waals surface area contributed by atoms with E-state index in [2.05, 4.69) is 34.7 Å². The number of amides is 2. The Balaban J connectivity index is 1.67. The zero-order valence-electron chi connectivity index (χ0n) is 15.2. The first-order valence-electron chi connectivity index (χ1n) is 8.88. The Hall–Kier alpha value is -2.15. The highest BCUT2D eigenvalue weighted by Gasteiger charge is 2.37. The van der Waals surface area contributed by atoms with Gasteiger partial charge < -0.3 is 15.4 Å². The smallest absolute Gasteiger partial charge is 0.315 e. The highest BCUT2D eigenvalue weighted by atomic mass is 16.5. The summed E-state index contributed by atoms with van der Waals surface area (Å²) < 4.78 is 7.23. The van der Waals surface area contributed by atoms with Crippen molar-refractivity contribution < 1.29 is 9.53 Å². The molecule has 2 aromatic heterocycles. The topological polar surface area (TPSA) is 80.5 Å². The summed E-state index contributed by atoms with van der Waals surface area (Å²) in [5.41, 5.74) is 0.875. The molecule has 0 saturated heterocycles. The molecule has 0 radical (unpaired) electrons. The molecule has 2 heterocycles. The monoisotopic (exact) mass is 345 g/mol. The molecule has 0 aromatic carbocycles. The molecule has 1 unspecified atom stereocenters. The van der Waals surface area contributed by atoms with Crippen molar-refractivity contribution >= 4 is 11.7 Å². The summed E-state index contributed by atoms with van der Waals surface area (Å²) in [5, 5.41) is 14.5. The third-order valence-electron chi connectivity index (χ3n) is 5.06. The minimum Gasteiger partial charge on any atom is -0.384 e. The Bertz CT molecular complexity index is 723. The van der Waals surface area contributed by atoms with E-state index in [1.807, 2.05) is 28.8 Å². The molecule has 1 fully saturated rings. The Morgan fingerprint density at radius 1 is 1.36 bits per heavy atom. The lowest BCUT2D eigenvalue weighted by atomic mass is 9.69. The molecule has 136 valence electrons. The number of aromatic nitrogens is 3. The van der Waals surface area contributed by atoms with Crippen LogP contribution >= 0.6 is 0 Å². The van der Waals surface area contributed by atoms with E-state index in [-0.39, 0.29) is 23.4 Å². The second-order valence-electron chi connectivity index (χ2n) is 7.32. The lowest BCUT2D eigenvalue weighted by Crippen LogP contribution is -2.49. The molecule has 2 amide bonds. The number of rotatable bonds is 7. The molecular weight excluding hydrogens is 318 g/mol. The standard InChI is InChI=1S/C18H27N5O2/c1-13(2)15(16-22-21-14-7-4-5-10-23(14)16)20-17(24)19-11-18(12-25-3)8-6-9-18/h4-5,7,10,13,15H,6,8-9,11-12H2,1-3H3,(H2,19,20,24). The van der Waals surface area contributed by atoms with Crippen LogP contribution in [-0.4, -0.2) is 40.9 Å². The Kier molecular flexibility index (Phi) is 5.22. The molecule has 0 spiro atoms. The van der Waals surface area contributed by atoms with E-state index < -0.39 is 0 Å². The van der Waals surface area contributed by atoms with Crippen LogP contribution in [0, 0.1) is 11.3 Å². The van der Waals surface area contributed by atoms with E-state index in [9.17, 15) is 4.79 Å². The normalized spacial score (nSPS) is 17.3. The quantitative estimate of drug-likeness (QED) is 0.808. The van der Waals surface area contributed by atoms with Crippen LogP contribution in [0.25, 0.3) is 5.65 Å². The first kappa shape index (κ1) is 17.7. The van der Waals surface area contributed by atoms with Crippen LogP contribution in [0.3, 0.4) is 0 Å². The van der Waals surface area contributed by atoms with E-state index in [1.165, 1.54) is 6.42 Å². The molecule has 2 N–H and O–H groups in total. The van der Waals surface area contributed by atoms with Crippen molar-refractivity contribution in [3.05, 3.63) is 30.2 Å². The Morgan fingerprint density at radius 3 is 2.80 bits per heavy atom. The number of carbonyl (C=O) groups is 1.